The van der Waals surface area contributed by atoms with E-state index in [1.807, 2.05) is 0 Å². The van der Waals surface area contributed by atoms with Gasteiger partial charge in [0.15, 0.2) is 9.84 Å². The lowest BCUT2D eigenvalue weighted by Gasteiger charge is -2.29. The van der Waals surface area contributed by atoms with Crippen molar-refractivity contribution in [3.05, 3.63) is 0 Å². The van der Waals surface area contributed by atoms with Crippen LogP contribution < -0.4 is 5.32 Å². The molecule has 0 aromatic carbocycles. The molecule has 4 heteroatoms. The molecule has 0 radical (unpaired) electrons. The van der Waals surface area contributed by atoms with E-state index >= 15 is 0 Å². The van der Waals surface area contributed by atoms with Crippen LogP contribution in [0.3, 0.4) is 0 Å². The van der Waals surface area contributed by atoms with E-state index in [1.165, 1.54) is 44.8 Å². The monoisotopic (exact) mass is 287 g/mol. The third-order valence-corrected chi connectivity index (χ3v) is 6.75. The molecule has 0 spiro atoms. The largest absolute Gasteiger partial charge is 0.310 e. The van der Waals surface area contributed by atoms with E-state index in [2.05, 4.69) is 12.2 Å². The highest BCUT2D eigenvalue weighted by molar-refractivity contribution is 7.91. The number of sulfone groups is 1. The minimum Gasteiger partial charge on any atom is -0.310 e. The molecule has 2 aliphatic rings. The molecule has 2 fully saturated rings. The van der Waals surface area contributed by atoms with Gasteiger partial charge in [0.25, 0.3) is 0 Å². The molecule has 19 heavy (non-hydrogen) atoms. The lowest BCUT2D eigenvalue weighted by atomic mass is 9.92. The normalized spacial score (nSPS) is 32.1. The van der Waals surface area contributed by atoms with E-state index in [0.717, 1.165) is 25.2 Å². The molecule has 0 bridgehead atoms. The molecule has 1 N–H and O–H groups in total. The fourth-order valence-electron chi connectivity index (χ4n) is 3.91. The summed E-state index contributed by atoms with van der Waals surface area (Å²) in [6.07, 6.45) is 12.4. The van der Waals surface area contributed by atoms with Gasteiger partial charge in [-0.05, 0) is 38.5 Å². The molecular formula is C15H29NO2S. The molecule has 2 saturated carbocycles. The average molecular weight is 287 g/mol. The number of rotatable bonds is 4. The van der Waals surface area contributed by atoms with Crippen molar-refractivity contribution in [1.29, 1.82) is 0 Å². The van der Waals surface area contributed by atoms with Gasteiger partial charge in [0.1, 0.15) is 0 Å². The standard InChI is InChI=1S/C15H29NO2S/c1-12(13-8-5-3-4-6-9-13)16-14-10-7-11-15(14)19(2,17)18/h12-16H,3-11H2,1-2H3/t12-,14?,15?/m0/s1. The maximum absolute atomic E-state index is 11.8. The van der Waals surface area contributed by atoms with Crippen molar-refractivity contribution in [2.45, 2.75) is 82.0 Å². The predicted octanol–water partition coefficient (Wildman–Crippen LogP) is 2.90. The maximum atomic E-state index is 11.8. The lowest BCUT2D eigenvalue weighted by molar-refractivity contribution is 0.309. The number of hydrogen-bond acceptors (Lipinski definition) is 3. The minimum atomic E-state index is -2.90. The zero-order chi connectivity index (χ0) is 13.9. The van der Waals surface area contributed by atoms with Crippen LogP contribution in [0.15, 0.2) is 0 Å². The first-order chi connectivity index (χ1) is 8.98. The van der Waals surface area contributed by atoms with Gasteiger partial charge in [-0.15, -0.1) is 0 Å². The Hall–Kier alpha value is -0.0900. The third-order valence-electron chi connectivity index (χ3n) is 5.09. The molecule has 0 aromatic rings. The van der Waals surface area contributed by atoms with Gasteiger partial charge in [0.05, 0.1) is 5.25 Å². The molecule has 2 aliphatic carbocycles. The van der Waals surface area contributed by atoms with Crippen molar-refractivity contribution >= 4 is 9.84 Å². The van der Waals surface area contributed by atoms with Crippen LogP contribution in [0.4, 0.5) is 0 Å². The van der Waals surface area contributed by atoms with E-state index in [1.54, 1.807) is 0 Å². The van der Waals surface area contributed by atoms with Gasteiger partial charge in [-0.1, -0.05) is 32.1 Å². The Morgan fingerprint density at radius 3 is 2.16 bits per heavy atom. The Morgan fingerprint density at radius 2 is 1.58 bits per heavy atom. The highest BCUT2D eigenvalue weighted by atomic mass is 32.2. The molecule has 112 valence electrons. The zero-order valence-corrected chi connectivity index (χ0v) is 13.2. The quantitative estimate of drug-likeness (QED) is 0.809. The number of hydrogen-bond donors (Lipinski definition) is 1. The minimum absolute atomic E-state index is 0.152. The van der Waals surface area contributed by atoms with Gasteiger partial charge in [0, 0.05) is 18.3 Å². The summed E-state index contributed by atoms with van der Waals surface area (Å²) < 4.78 is 23.6. The van der Waals surface area contributed by atoms with Crippen molar-refractivity contribution in [1.82, 2.24) is 5.32 Å². The van der Waals surface area contributed by atoms with Gasteiger partial charge in [0.2, 0.25) is 0 Å². The highest BCUT2D eigenvalue weighted by Crippen LogP contribution is 2.29. The SMILES string of the molecule is C[C@H](NC1CCCC1S(C)(=O)=O)C1CCCCCC1. The Kier molecular flexibility index (Phi) is 5.29. The summed E-state index contributed by atoms with van der Waals surface area (Å²) in [7, 11) is -2.90. The van der Waals surface area contributed by atoms with Gasteiger partial charge in [-0.2, -0.15) is 0 Å². The summed E-state index contributed by atoms with van der Waals surface area (Å²) in [5, 5.41) is 3.50. The summed E-state index contributed by atoms with van der Waals surface area (Å²) in [4.78, 5) is 0. The Labute approximate surface area is 118 Å². The van der Waals surface area contributed by atoms with Crippen LogP contribution in [0.2, 0.25) is 0 Å². The number of nitrogens with one attached hydrogen (secondary N) is 1. The van der Waals surface area contributed by atoms with Crippen LogP contribution in [0.5, 0.6) is 0 Å². The molecule has 0 aromatic heterocycles. The second-order valence-corrected chi connectivity index (χ2v) is 8.88. The van der Waals surface area contributed by atoms with Gasteiger partial charge in [-0.3, -0.25) is 0 Å². The van der Waals surface area contributed by atoms with Crippen LogP contribution >= 0.6 is 0 Å². The van der Waals surface area contributed by atoms with Crippen molar-refractivity contribution in [3.8, 4) is 0 Å². The molecule has 3 nitrogen and oxygen atoms in total. The van der Waals surface area contributed by atoms with Gasteiger partial charge >= 0.3 is 0 Å². The van der Waals surface area contributed by atoms with Crippen molar-refractivity contribution in [2.75, 3.05) is 6.26 Å². The summed E-state index contributed by atoms with van der Waals surface area (Å²) in [6, 6.07) is 0.652. The summed E-state index contributed by atoms with van der Waals surface area (Å²) in [5.41, 5.74) is 0. The fourth-order valence-corrected chi connectivity index (χ4v) is 5.32. The molecular weight excluding hydrogens is 258 g/mol. The molecule has 0 heterocycles. The Morgan fingerprint density at radius 1 is 0.947 bits per heavy atom. The molecule has 3 atom stereocenters. The van der Waals surface area contributed by atoms with E-state index in [-0.39, 0.29) is 11.3 Å². The van der Waals surface area contributed by atoms with E-state index < -0.39 is 9.84 Å². The highest BCUT2D eigenvalue weighted by Gasteiger charge is 2.36. The Balaban J connectivity index is 1.92. The third kappa shape index (κ3) is 4.19. The van der Waals surface area contributed by atoms with E-state index in [9.17, 15) is 8.42 Å². The van der Waals surface area contributed by atoms with E-state index in [0.29, 0.717) is 6.04 Å². The first kappa shape index (κ1) is 15.3. The molecule has 0 aliphatic heterocycles. The van der Waals surface area contributed by atoms with Crippen LogP contribution in [0.25, 0.3) is 0 Å². The summed E-state index contributed by atoms with van der Waals surface area (Å²) in [5.74, 6) is 0.739. The zero-order valence-electron chi connectivity index (χ0n) is 12.4. The first-order valence-electron chi connectivity index (χ1n) is 7.93. The van der Waals surface area contributed by atoms with Gasteiger partial charge < -0.3 is 5.32 Å². The van der Waals surface area contributed by atoms with Crippen LogP contribution in [0, 0.1) is 5.92 Å². The van der Waals surface area contributed by atoms with Crippen LogP contribution in [-0.2, 0) is 9.84 Å². The van der Waals surface area contributed by atoms with Crippen LogP contribution in [-0.4, -0.2) is 32.0 Å². The van der Waals surface area contributed by atoms with Gasteiger partial charge in [-0.25, -0.2) is 8.42 Å². The van der Waals surface area contributed by atoms with Crippen LogP contribution in [0.1, 0.15) is 64.7 Å². The summed E-state index contributed by atoms with van der Waals surface area (Å²) >= 11 is 0. The van der Waals surface area contributed by atoms with Crippen molar-refractivity contribution < 1.29 is 8.42 Å². The fraction of sp³-hybridized carbons (Fsp3) is 1.00. The second-order valence-electron chi connectivity index (χ2n) is 6.61. The topological polar surface area (TPSA) is 46.2 Å². The average Bonchev–Trinajstić information content (AvgIpc) is 2.63. The second kappa shape index (κ2) is 6.57. The van der Waals surface area contributed by atoms with Crippen molar-refractivity contribution in [3.63, 3.8) is 0 Å². The first-order valence-corrected chi connectivity index (χ1v) is 9.89. The smallest absolute Gasteiger partial charge is 0.151 e. The molecule has 0 amide bonds. The lowest BCUT2D eigenvalue weighted by Crippen LogP contribution is -2.46. The summed E-state index contributed by atoms with van der Waals surface area (Å²) in [6.45, 7) is 2.26. The molecule has 2 rings (SSSR count). The maximum Gasteiger partial charge on any atom is 0.151 e. The predicted molar refractivity (Wildman–Crippen MR) is 80.1 cm³/mol. The Bertz CT molecular complexity index is 372. The van der Waals surface area contributed by atoms with Crippen molar-refractivity contribution in [2.24, 2.45) is 5.92 Å². The molecule has 2 unspecified atom stereocenters. The molecule has 0 saturated heterocycles. The van der Waals surface area contributed by atoms with E-state index in [4.69, 9.17) is 0 Å².